The van der Waals surface area contributed by atoms with Gasteiger partial charge in [-0.3, -0.25) is 0 Å². The molecule has 0 bridgehead atoms. The summed E-state index contributed by atoms with van der Waals surface area (Å²) in [4.78, 5) is 13.4. The third kappa shape index (κ3) is 5.80. The molecule has 0 fully saturated rings. The molecule has 6 heteroatoms. The van der Waals surface area contributed by atoms with E-state index in [2.05, 4.69) is 48.9 Å². The van der Waals surface area contributed by atoms with E-state index >= 15 is 0 Å². The van der Waals surface area contributed by atoms with Crippen LogP contribution in [0.2, 0.25) is 0 Å². The quantitative estimate of drug-likeness (QED) is 0.165. The van der Waals surface area contributed by atoms with Gasteiger partial charge in [-0.05, 0) is 55.3 Å². The monoisotopic (exact) mass is 752 g/mol. The van der Waals surface area contributed by atoms with Gasteiger partial charge in [0.2, 0.25) is 0 Å². The molecule has 0 atom stereocenters. The van der Waals surface area contributed by atoms with Crippen molar-refractivity contribution in [1.82, 2.24) is 15.0 Å². The molecule has 0 saturated carbocycles. The van der Waals surface area contributed by atoms with Crippen molar-refractivity contribution in [2.75, 3.05) is 0 Å². The van der Waals surface area contributed by atoms with E-state index in [0.29, 0.717) is 22.4 Å². The van der Waals surface area contributed by atoms with E-state index in [4.69, 9.17) is 17.6 Å². The molecule has 213 valence electrons. The van der Waals surface area contributed by atoms with Crippen LogP contribution in [0.3, 0.4) is 0 Å². The first kappa shape index (κ1) is 22.8. The zero-order valence-electron chi connectivity index (χ0n) is 29.5. The molecular weight excluding hydrogens is 715 g/mol. The molecule has 4 heterocycles. The summed E-state index contributed by atoms with van der Waals surface area (Å²) in [6, 6.07) is 27.0. The van der Waals surface area contributed by atoms with Gasteiger partial charge in [0.1, 0.15) is 5.58 Å². The van der Waals surface area contributed by atoms with Gasteiger partial charge in [0.25, 0.3) is 0 Å². The van der Waals surface area contributed by atoms with Crippen LogP contribution in [0, 0.1) is 32.8 Å². The predicted octanol–water partition coefficient (Wildman–Crippen LogP) is 9.83. The van der Waals surface area contributed by atoms with Gasteiger partial charge in [-0.2, -0.15) is 0 Å². The van der Waals surface area contributed by atoms with Gasteiger partial charge >= 0.3 is 0 Å². The summed E-state index contributed by atoms with van der Waals surface area (Å²) in [5.41, 5.74) is 5.44. The van der Waals surface area contributed by atoms with Crippen LogP contribution < -0.4 is 0 Å². The van der Waals surface area contributed by atoms with Crippen LogP contribution in [0.4, 0.5) is 0 Å². The molecular formula is C36H31IrN3OS-2. The Morgan fingerprint density at radius 2 is 1.71 bits per heavy atom. The Balaban J connectivity index is 0.000000270. The molecule has 4 nitrogen and oxygen atoms in total. The summed E-state index contributed by atoms with van der Waals surface area (Å²) in [6.07, 6.45) is 2.99. The summed E-state index contributed by atoms with van der Waals surface area (Å²) in [5, 5.41) is 2.80. The van der Waals surface area contributed by atoms with E-state index in [1.54, 1.807) is 17.4 Å². The van der Waals surface area contributed by atoms with Gasteiger partial charge < -0.3 is 14.4 Å². The van der Waals surface area contributed by atoms with Crippen LogP contribution in [0.5, 0.6) is 0 Å². The van der Waals surface area contributed by atoms with Crippen LogP contribution in [-0.2, 0) is 25.5 Å². The second-order valence-electron chi connectivity index (χ2n) is 10.9. The fraction of sp³-hybridized carbons (Fsp3) is 0.194. The van der Waals surface area contributed by atoms with Gasteiger partial charge in [0, 0.05) is 51.5 Å². The standard InChI is InChI=1S/C24H21N2OS.C12H10N.Ir/c1-13-11-18(25-12-14(13)2)15-7-6-8-16-20-19(27-21(15)16)10-9-17-22(20)28-23(26-17)24(3,4)5;1-10-7-8-12(13-9-10)11-5-3-2-4-6-11;/h6,8-12H,1-5H3;2-5,7-9H,1H3;/q2*-1;/i1D3,2D3;;. The van der Waals surface area contributed by atoms with E-state index < -0.39 is 13.7 Å². The van der Waals surface area contributed by atoms with Crippen molar-refractivity contribution in [3.05, 3.63) is 113 Å². The molecule has 7 aromatic rings. The maximum atomic E-state index is 7.86. The average molecular weight is 752 g/mol. The fourth-order valence-electron chi connectivity index (χ4n) is 4.49. The Labute approximate surface area is 272 Å². The molecule has 1 radical (unpaired) electrons. The van der Waals surface area contributed by atoms with Gasteiger partial charge in [-0.1, -0.05) is 55.5 Å². The number of aromatic nitrogens is 3. The maximum absolute atomic E-state index is 7.86. The first-order chi connectivity index (χ1) is 22.1. The zero-order chi connectivity index (χ0) is 33.7. The van der Waals surface area contributed by atoms with Crippen molar-refractivity contribution in [2.45, 2.75) is 46.8 Å². The molecule has 0 amide bonds. The second-order valence-corrected chi connectivity index (χ2v) is 11.9. The molecule has 7 rings (SSSR count). The fourth-order valence-corrected chi connectivity index (χ4v) is 5.67. The van der Waals surface area contributed by atoms with Crippen LogP contribution in [0.15, 0.2) is 83.5 Å². The van der Waals surface area contributed by atoms with E-state index in [1.807, 2.05) is 61.7 Å². The largest absolute Gasteiger partial charge is 0.501 e. The van der Waals surface area contributed by atoms with Crippen LogP contribution >= 0.6 is 11.3 Å². The van der Waals surface area contributed by atoms with Crippen molar-refractivity contribution in [2.24, 2.45) is 0 Å². The summed E-state index contributed by atoms with van der Waals surface area (Å²) < 4.78 is 54.0. The molecule has 0 saturated heterocycles. The minimum Gasteiger partial charge on any atom is -0.501 e. The van der Waals surface area contributed by atoms with Gasteiger partial charge in [0.05, 0.1) is 20.8 Å². The number of pyridine rings is 2. The Hall–Kier alpha value is -3.70. The van der Waals surface area contributed by atoms with Crippen molar-refractivity contribution < 1.29 is 32.7 Å². The normalized spacial score (nSPS) is 14.1. The molecule has 0 aliphatic rings. The van der Waals surface area contributed by atoms with E-state index in [1.165, 1.54) is 11.6 Å². The minimum atomic E-state index is -2.61. The summed E-state index contributed by atoms with van der Waals surface area (Å²) >= 11 is 1.63. The Kier molecular flexibility index (Phi) is 6.46. The third-order valence-corrected chi connectivity index (χ3v) is 8.16. The van der Waals surface area contributed by atoms with Gasteiger partial charge in [0.15, 0.2) is 0 Å². The van der Waals surface area contributed by atoms with Crippen molar-refractivity contribution >= 4 is 43.5 Å². The number of thiazole rings is 1. The van der Waals surface area contributed by atoms with Crippen molar-refractivity contribution in [1.29, 1.82) is 0 Å². The number of fused-ring (bicyclic) bond motifs is 5. The zero-order valence-corrected chi connectivity index (χ0v) is 26.7. The first-order valence-corrected chi connectivity index (χ1v) is 14.0. The molecule has 0 unspecified atom stereocenters. The SMILES string of the molecule is Cc1ccc(-c2[c-]cccc2)nc1.[2H]C([2H])([2H])c1cnc(-c2[c-]ccc3c2oc2ccc4nc(C(C)(C)C)sc4c23)cc1C([2H])([2H])[2H].[Ir]. The molecule has 42 heavy (non-hydrogen) atoms. The number of rotatable bonds is 2. The van der Waals surface area contributed by atoms with Crippen molar-refractivity contribution in [3.8, 4) is 22.5 Å². The predicted molar refractivity (Wildman–Crippen MR) is 170 cm³/mol. The molecule has 3 aromatic carbocycles. The summed E-state index contributed by atoms with van der Waals surface area (Å²) in [5.74, 6) is 0. The Morgan fingerprint density at radius 3 is 2.43 bits per heavy atom. The number of benzene rings is 3. The molecule has 0 aliphatic heterocycles. The van der Waals surface area contributed by atoms with E-state index in [9.17, 15) is 0 Å². The molecule has 0 N–H and O–H groups in total. The van der Waals surface area contributed by atoms with E-state index in [0.717, 1.165) is 43.5 Å². The number of aryl methyl sites for hydroxylation is 3. The Morgan fingerprint density at radius 1 is 0.881 bits per heavy atom. The summed E-state index contributed by atoms with van der Waals surface area (Å²) in [7, 11) is 0. The van der Waals surface area contributed by atoms with Gasteiger partial charge in [-0.25, -0.2) is 4.98 Å². The smallest absolute Gasteiger partial charge is 0.122 e. The van der Waals surface area contributed by atoms with E-state index in [-0.39, 0.29) is 36.6 Å². The Bertz CT molecular complexity index is 2220. The number of hydrogen-bond donors (Lipinski definition) is 0. The first-order valence-electron chi connectivity index (χ1n) is 16.2. The number of hydrogen-bond acceptors (Lipinski definition) is 5. The molecule has 0 spiro atoms. The third-order valence-electron chi connectivity index (χ3n) is 6.65. The molecule has 4 aromatic heterocycles. The minimum absolute atomic E-state index is 0. The van der Waals surface area contributed by atoms with Crippen LogP contribution in [-0.4, -0.2) is 15.0 Å². The summed E-state index contributed by atoms with van der Waals surface area (Å²) in [6.45, 7) is 3.21. The topological polar surface area (TPSA) is 51.8 Å². The van der Waals surface area contributed by atoms with Gasteiger partial charge in [-0.15, -0.1) is 65.4 Å². The van der Waals surface area contributed by atoms with Crippen molar-refractivity contribution in [3.63, 3.8) is 0 Å². The average Bonchev–Trinajstić information content (AvgIpc) is 3.63. The second kappa shape index (κ2) is 11.9. The van der Waals surface area contributed by atoms with Crippen LogP contribution in [0.1, 0.15) is 50.7 Å². The number of nitrogens with zero attached hydrogens (tertiary/aromatic N) is 3. The number of furan rings is 1. The maximum Gasteiger partial charge on any atom is 0.122 e. The van der Waals surface area contributed by atoms with Crippen LogP contribution in [0.25, 0.3) is 54.7 Å². The molecule has 0 aliphatic carbocycles.